The van der Waals surface area contributed by atoms with Gasteiger partial charge >= 0.3 is 8.03 Å². The second-order valence-electron chi connectivity index (χ2n) is 5.66. The van der Waals surface area contributed by atoms with Crippen LogP contribution in [0.5, 0.6) is 0 Å². The minimum atomic E-state index is -2.21. The van der Waals surface area contributed by atoms with Crippen LogP contribution in [-0.4, -0.2) is 6.16 Å². The predicted octanol–water partition coefficient (Wildman–Crippen LogP) is 5.29. The van der Waals surface area contributed by atoms with Gasteiger partial charge in [-0.3, -0.25) is 0 Å². The molecule has 20 heavy (non-hydrogen) atoms. The molecule has 0 heterocycles. The molecule has 114 valence electrons. The third-order valence-corrected chi connectivity index (χ3v) is 3.84. The Morgan fingerprint density at radius 1 is 0.900 bits per heavy atom. The normalized spacial score (nSPS) is 13.3. The van der Waals surface area contributed by atoms with Crippen LogP contribution in [0.1, 0.15) is 66.2 Å². The van der Waals surface area contributed by atoms with E-state index in [9.17, 15) is 9.46 Å². The van der Waals surface area contributed by atoms with E-state index < -0.39 is 8.03 Å². The lowest BCUT2D eigenvalue weighted by atomic mass is 10.1. The van der Waals surface area contributed by atoms with Crippen LogP contribution in [-0.2, 0) is 4.57 Å². The molecule has 0 bridgehead atoms. The molecule has 0 saturated carbocycles. The van der Waals surface area contributed by atoms with Crippen molar-refractivity contribution in [2.75, 3.05) is 6.16 Å². The summed E-state index contributed by atoms with van der Waals surface area (Å²) in [5.74, 6) is 0. The molecule has 3 heteroatoms. The van der Waals surface area contributed by atoms with Crippen LogP contribution >= 0.6 is 8.03 Å². The summed E-state index contributed by atoms with van der Waals surface area (Å²) in [6.07, 6.45) is 13.1. The van der Waals surface area contributed by atoms with Crippen molar-refractivity contribution < 1.29 is 9.46 Å². The fourth-order valence-electron chi connectivity index (χ4n) is 1.91. The summed E-state index contributed by atoms with van der Waals surface area (Å²) in [7, 11) is -2.21. The van der Waals surface area contributed by atoms with Gasteiger partial charge in [0.2, 0.25) is 0 Å². The van der Waals surface area contributed by atoms with Crippen LogP contribution in [0.25, 0.3) is 0 Å². The second kappa shape index (κ2) is 12.1. The first kappa shape index (κ1) is 19.3. The van der Waals surface area contributed by atoms with Gasteiger partial charge in [-0.2, -0.15) is 0 Å². The van der Waals surface area contributed by atoms with Gasteiger partial charge in [0, 0.05) is 0 Å². The topological polar surface area (TPSA) is 40.1 Å². The molecule has 0 fully saturated rings. The number of allylic oxidation sites excluding steroid dienone is 6. The average Bonchev–Trinajstić information content (AvgIpc) is 2.34. The molecule has 0 aliphatic rings. The van der Waals surface area contributed by atoms with Crippen LogP contribution in [0.2, 0.25) is 0 Å². The van der Waals surface area contributed by atoms with E-state index in [4.69, 9.17) is 0 Å². The fraction of sp³-hybridized carbons (Fsp3) is 0.647. The highest BCUT2D eigenvalue weighted by molar-refractivity contribution is 7.36. The van der Waals surface area contributed by atoms with Crippen LogP contribution in [0.4, 0.5) is 0 Å². The maximum atomic E-state index is 10.4. The maximum absolute atomic E-state index is 10.4. The van der Waals surface area contributed by atoms with Crippen molar-refractivity contribution in [2.45, 2.75) is 66.2 Å². The fourth-order valence-corrected chi connectivity index (χ4v) is 2.35. The van der Waals surface area contributed by atoms with Gasteiger partial charge in [-0.1, -0.05) is 39.5 Å². The maximum Gasteiger partial charge on any atom is 0.308 e. The summed E-state index contributed by atoms with van der Waals surface area (Å²) in [6, 6.07) is 0. The third kappa shape index (κ3) is 13.7. The van der Waals surface area contributed by atoms with Crippen LogP contribution in [0.3, 0.4) is 0 Å². The lowest BCUT2D eigenvalue weighted by Crippen LogP contribution is -1.90. The molecule has 2 nitrogen and oxygen atoms in total. The van der Waals surface area contributed by atoms with E-state index in [1.54, 1.807) is 0 Å². The Morgan fingerprint density at radius 3 is 1.90 bits per heavy atom. The molecule has 0 spiro atoms. The Hall–Kier alpha value is -0.720. The van der Waals surface area contributed by atoms with Crippen molar-refractivity contribution in [1.82, 2.24) is 0 Å². The van der Waals surface area contributed by atoms with E-state index >= 15 is 0 Å². The highest BCUT2D eigenvalue weighted by Crippen LogP contribution is 2.14. The summed E-state index contributed by atoms with van der Waals surface area (Å²) >= 11 is 0. The number of hydrogen-bond acceptors (Lipinski definition) is 2. The first-order chi connectivity index (χ1) is 9.41. The Morgan fingerprint density at radius 2 is 1.40 bits per heavy atom. The molecular weight excluding hydrogens is 267 g/mol. The van der Waals surface area contributed by atoms with Crippen molar-refractivity contribution in [3.63, 3.8) is 0 Å². The van der Waals surface area contributed by atoms with E-state index in [0.29, 0.717) is 6.16 Å². The number of rotatable bonds is 10. The van der Waals surface area contributed by atoms with Gasteiger partial charge in [0.1, 0.15) is 6.16 Å². The predicted molar refractivity (Wildman–Crippen MR) is 87.1 cm³/mol. The summed E-state index contributed by atoms with van der Waals surface area (Å²) < 4.78 is 10.4. The molecule has 0 aromatic carbocycles. The van der Waals surface area contributed by atoms with E-state index in [-0.39, 0.29) is 0 Å². The molecule has 0 aromatic rings. The summed E-state index contributed by atoms with van der Waals surface area (Å²) in [6.45, 7) is 8.60. The molecule has 0 N–H and O–H groups in total. The zero-order valence-electron chi connectivity index (χ0n) is 13.4. The number of unbranched alkanes of at least 4 members (excludes halogenated alkanes) is 1. The van der Waals surface area contributed by atoms with Crippen LogP contribution in [0, 0.1) is 0 Å². The van der Waals surface area contributed by atoms with Crippen molar-refractivity contribution in [3.05, 3.63) is 34.9 Å². The Kier molecular flexibility index (Phi) is 11.6. The molecule has 0 saturated heterocycles. The van der Waals surface area contributed by atoms with E-state index in [1.165, 1.54) is 16.7 Å². The van der Waals surface area contributed by atoms with Crippen molar-refractivity contribution in [2.24, 2.45) is 0 Å². The van der Waals surface area contributed by atoms with Gasteiger partial charge < -0.3 is 4.89 Å². The minimum absolute atomic E-state index is 0.308. The van der Waals surface area contributed by atoms with Crippen molar-refractivity contribution in [1.29, 1.82) is 0 Å². The smallest absolute Gasteiger partial charge is 0.308 e. The van der Waals surface area contributed by atoms with Crippen LogP contribution in [0.15, 0.2) is 34.9 Å². The monoisotopic (exact) mass is 296 g/mol. The van der Waals surface area contributed by atoms with Crippen molar-refractivity contribution >= 4 is 8.03 Å². The lowest BCUT2D eigenvalue weighted by molar-refractivity contribution is -0.164. The second-order valence-corrected chi connectivity index (χ2v) is 6.77. The SMILES string of the molecule is CC(C)=CCC/C(C)=C/CC/C(C)=C/CCC[P+](=O)[O-]. The van der Waals surface area contributed by atoms with E-state index in [1.807, 2.05) is 0 Å². The largest absolute Gasteiger partial charge is 0.596 e. The Labute approximate surface area is 125 Å². The van der Waals surface area contributed by atoms with E-state index in [2.05, 4.69) is 45.9 Å². The molecule has 0 radical (unpaired) electrons. The molecule has 0 aromatic heterocycles. The molecular formula is C17H29O2P. The van der Waals surface area contributed by atoms with Gasteiger partial charge in [-0.15, -0.1) is 0 Å². The van der Waals surface area contributed by atoms with Gasteiger partial charge in [-0.05, 0) is 66.2 Å². The molecule has 0 aliphatic carbocycles. The molecule has 0 amide bonds. The summed E-state index contributed by atoms with van der Waals surface area (Å²) in [4.78, 5) is 10.4. The zero-order chi connectivity index (χ0) is 15.4. The average molecular weight is 296 g/mol. The standard InChI is InChI=1S/C17H29O2P/c1-15(2)9-7-11-17(4)13-8-12-16(3)10-5-6-14-20(18)19/h9-10,13H,5-8,11-12,14H2,1-4H3/b16-10+,17-13+. The zero-order valence-corrected chi connectivity index (χ0v) is 14.3. The van der Waals surface area contributed by atoms with Gasteiger partial charge in [0.25, 0.3) is 0 Å². The van der Waals surface area contributed by atoms with Gasteiger partial charge in [-0.25, -0.2) is 0 Å². The van der Waals surface area contributed by atoms with Crippen LogP contribution < -0.4 is 4.89 Å². The summed E-state index contributed by atoms with van der Waals surface area (Å²) in [5, 5.41) is 0. The van der Waals surface area contributed by atoms with Gasteiger partial charge in [0.15, 0.2) is 0 Å². The summed E-state index contributed by atoms with van der Waals surface area (Å²) in [5.41, 5.74) is 4.20. The molecule has 1 atom stereocenters. The molecule has 0 rings (SSSR count). The van der Waals surface area contributed by atoms with Gasteiger partial charge in [0.05, 0.1) is 0 Å². The highest BCUT2D eigenvalue weighted by atomic mass is 31.1. The quantitative estimate of drug-likeness (QED) is 0.312. The molecule has 0 aliphatic heterocycles. The van der Waals surface area contributed by atoms with Crippen molar-refractivity contribution in [3.8, 4) is 0 Å². The highest BCUT2D eigenvalue weighted by Gasteiger charge is 1.98. The Bertz CT molecular complexity index is 374. The first-order valence-electron chi connectivity index (χ1n) is 7.48. The third-order valence-electron chi connectivity index (χ3n) is 3.16. The molecule has 1 unspecified atom stereocenters. The van der Waals surface area contributed by atoms with E-state index in [0.717, 1.165) is 38.5 Å². The minimum Gasteiger partial charge on any atom is -0.596 e. The Balaban J connectivity index is 3.82. The lowest BCUT2D eigenvalue weighted by Gasteiger charge is -2.01. The first-order valence-corrected chi connectivity index (χ1v) is 8.84. The number of hydrogen-bond donors (Lipinski definition) is 0.